The zero-order valence-electron chi connectivity index (χ0n) is 9.77. The molecule has 1 rings (SSSR count). The van der Waals surface area contributed by atoms with Crippen molar-refractivity contribution in [3.63, 3.8) is 0 Å². The highest BCUT2D eigenvalue weighted by atomic mass is 19.1. The number of benzene rings is 1. The zero-order chi connectivity index (χ0) is 13.5. The van der Waals surface area contributed by atoms with Gasteiger partial charge in [0.15, 0.2) is 5.82 Å². The van der Waals surface area contributed by atoms with Crippen LogP contribution in [0.2, 0.25) is 0 Å². The van der Waals surface area contributed by atoms with Crippen molar-refractivity contribution in [3.8, 4) is 17.6 Å². The lowest BCUT2D eigenvalue weighted by Crippen LogP contribution is -1.97. The number of hydrogen-bond acceptors (Lipinski definition) is 4. The zero-order valence-corrected chi connectivity index (χ0v) is 9.77. The molecule has 0 atom stereocenters. The highest BCUT2D eigenvalue weighted by molar-refractivity contribution is 5.53. The number of aliphatic hydroxyl groups excluding tert-OH is 1. The van der Waals surface area contributed by atoms with Gasteiger partial charge < -0.3 is 9.84 Å². The summed E-state index contributed by atoms with van der Waals surface area (Å²) in [5.74, 6) is 4.08. The third-order valence-corrected chi connectivity index (χ3v) is 2.12. The molecule has 0 fully saturated rings. The number of methoxy groups -OCH3 is 1. The van der Waals surface area contributed by atoms with E-state index in [-0.39, 0.29) is 12.2 Å². The molecule has 0 bridgehead atoms. The van der Waals surface area contributed by atoms with E-state index in [1.165, 1.54) is 0 Å². The van der Waals surface area contributed by atoms with Crippen LogP contribution in [0.4, 0.5) is 10.1 Å². The van der Waals surface area contributed by atoms with E-state index >= 15 is 0 Å². The summed E-state index contributed by atoms with van der Waals surface area (Å²) < 4.78 is 18.1. The van der Waals surface area contributed by atoms with Gasteiger partial charge in [-0.3, -0.25) is 10.1 Å². The molecule has 0 saturated heterocycles. The predicted octanol–water partition coefficient (Wildman–Crippen LogP) is 1.87. The predicted molar refractivity (Wildman–Crippen MR) is 62.8 cm³/mol. The van der Waals surface area contributed by atoms with Gasteiger partial charge in [0.05, 0.1) is 12.0 Å². The summed E-state index contributed by atoms with van der Waals surface area (Å²) >= 11 is 0. The lowest BCUT2D eigenvalue weighted by molar-refractivity contribution is -0.386. The topological polar surface area (TPSA) is 72.6 Å². The van der Waals surface area contributed by atoms with Gasteiger partial charge >= 0.3 is 5.69 Å². The number of rotatable bonds is 4. The molecule has 0 radical (unpaired) electrons. The second kappa shape index (κ2) is 6.57. The maximum Gasteiger partial charge on any atom is 0.315 e. The number of hydrogen-bond donors (Lipinski definition) is 1. The van der Waals surface area contributed by atoms with Crippen LogP contribution in [0.3, 0.4) is 0 Å². The Hall–Kier alpha value is -2.13. The van der Waals surface area contributed by atoms with E-state index in [9.17, 15) is 14.5 Å². The van der Waals surface area contributed by atoms with Crippen molar-refractivity contribution in [3.05, 3.63) is 33.6 Å². The summed E-state index contributed by atoms with van der Waals surface area (Å²) in [6, 6.07) is 2.24. The van der Waals surface area contributed by atoms with Crippen molar-refractivity contribution in [1.29, 1.82) is 0 Å². The normalized spacial score (nSPS) is 9.50. The smallest absolute Gasteiger partial charge is 0.315 e. The number of nitro benzene ring substituents is 1. The molecular weight excluding hydrogens is 241 g/mol. The minimum Gasteiger partial charge on any atom is -0.488 e. The Bertz CT molecular complexity index is 505. The fraction of sp³-hybridized carbons (Fsp3) is 0.333. The number of ether oxygens (including phenoxy) is 1. The van der Waals surface area contributed by atoms with Crippen molar-refractivity contribution in [2.45, 2.75) is 12.8 Å². The average Bonchev–Trinajstić information content (AvgIpc) is 2.34. The maximum absolute atomic E-state index is 13.5. The number of nitro groups is 1. The van der Waals surface area contributed by atoms with Gasteiger partial charge in [-0.25, -0.2) is 4.39 Å². The quantitative estimate of drug-likeness (QED) is 0.385. The van der Waals surface area contributed by atoms with Crippen LogP contribution in [0.25, 0.3) is 0 Å². The van der Waals surface area contributed by atoms with Crippen molar-refractivity contribution in [2.75, 3.05) is 13.7 Å². The van der Waals surface area contributed by atoms with Crippen LogP contribution in [0.1, 0.15) is 18.4 Å². The Kier molecular flexibility index (Phi) is 5.08. The summed E-state index contributed by atoms with van der Waals surface area (Å²) in [7, 11) is 1.16. The number of unbranched alkanes of at least 4 members (excludes halogenated alkanes) is 1. The first-order valence-corrected chi connectivity index (χ1v) is 5.21. The van der Waals surface area contributed by atoms with E-state index in [0.717, 1.165) is 19.2 Å². The molecule has 0 amide bonds. The van der Waals surface area contributed by atoms with E-state index in [2.05, 4.69) is 16.6 Å². The van der Waals surface area contributed by atoms with Crippen molar-refractivity contribution in [1.82, 2.24) is 0 Å². The standard InChI is InChI=1S/C12H12FNO4/c1-18-12-10(13)7-9(5-3-2-4-6-15)8-11(12)14(16)17/h7-8,15H,2,4,6H2,1H3. The van der Waals surface area contributed by atoms with E-state index in [0.29, 0.717) is 12.8 Å². The number of halogens is 1. The van der Waals surface area contributed by atoms with Gasteiger partial charge in [-0.05, 0) is 12.5 Å². The average molecular weight is 253 g/mol. The summed E-state index contributed by atoms with van der Waals surface area (Å²) in [4.78, 5) is 10.0. The first-order valence-electron chi connectivity index (χ1n) is 5.21. The molecule has 0 aliphatic rings. The molecule has 0 heterocycles. The Morgan fingerprint density at radius 2 is 2.28 bits per heavy atom. The molecular formula is C12H12FNO4. The molecule has 18 heavy (non-hydrogen) atoms. The van der Waals surface area contributed by atoms with E-state index in [4.69, 9.17) is 5.11 Å². The summed E-state index contributed by atoms with van der Waals surface area (Å²) in [6.07, 6.45) is 0.950. The molecule has 0 aromatic heterocycles. The van der Waals surface area contributed by atoms with Gasteiger partial charge in [-0.15, -0.1) is 0 Å². The van der Waals surface area contributed by atoms with Gasteiger partial charge in [0.1, 0.15) is 0 Å². The van der Waals surface area contributed by atoms with E-state index in [1.54, 1.807) is 0 Å². The second-order valence-corrected chi connectivity index (χ2v) is 3.40. The van der Waals surface area contributed by atoms with Crippen LogP contribution >= 0.6 is 0 Å². The Balaban J connectivity index is 3.08. The Labute approximate surface area is 103 Å². The first-order chi connectivity index (χ1) is 8.60. The molecule has 1 aromatic carbocycles. The molecule has 1 N–H and O–H groups in total. The molecule has 1 aromatic rings. The van der Waals surface area contributed by atoms with Gasteiger partial charge in [-0.1, -0.05) is 11.8 Å². The van der Waals surface area contributed by atoms with Crippen molar-refractivity contribution < 1.29 is 19.2 Å². The first kappa shape index (κ1) is 13.9. The van der Waals surface area contributed by atoms with Crippen LogP contribution in [-0.2, 0) is 0 Å². The van der Waals surface area contributed by atoms with Crippen LogP contribution in [0.15, 0.2) is 12.1 Å². The maximum atomic E-state index is 13.5. The van der Waals surface area contributed by atoms with E-state index < -0.39 is 22.2 Å². The lowest BCUT2D eigenvalue weighted by atomic mass is 10.1. The number of aliphatic hydroxyl groups is 1. The Morgan fingerprint density at radius 3 is 2.83 bits per heavy atom. The lowest BCUT2D eigenvalue weighted by Gasteiger charge is -2.03. The number of nitrogens with zero attached hydrogens (tertiary/aromatic N) is 1. The van der Waals surface area contributed by atoms with Crippen LogP contribution in [-0.4, -0.2) is 23.7 Å². The van der Waals surface area contributed by atoms with Crippen LogP contribution in [0, 0.1) is 27.8 Å². The molecule has 5 nitrogen and oxygen atoms in total. The minimum atomic E-state index is -0.821. The summed E-state index contributed by atoms with van der Waals surface area (Å²) in [6.45, 7) is 0.0196. The van der Waals surface area contributed by atoms with Gasteiger partial charge in [0.25, 0.3) is 0 Å². The fourth-order valence-electron chi connectivity index (χ4n) is 1.32. The molecule has 0 unspecified atom stereocenters. The molecule has 6 heteroatoms. The fourth-order valence-corrected chi connectivity index (χ4v) is 1.32. The van der Waals surface area contributed by atoms with Crippen molar-refractivity contribution in [2.24, 2.45) is 0 Å². The Morgan fingerprint density at radius 1 is 1.56 bits per heavy atom. The molecule has 0 saturated carbocycles. The third kappa shape index (κ3) is 3.43. The minimum absolute atomic E-state index is 0.0196. The molecule has 0 aliphatic heterocycles. The third-order valence-electron chi connectivity index (χ3n) is 2.12. The SMILES string of the molecule is COc1c(F)cc(C#CCCCO)cc1[N+](=O)[O-]. The highest BCUT2D eigenvalue weighted by Gasteiger charge is 2.20. The summed E-state index contributed by atoms with van der Waals surface area (Å²) in [5, 5.41) is 19.3. The monoisotopic (exact) mass is 253 g/mol. The summed E-state index contributed by atoms with van der Waals surface area (Å²) in [5.41, 5.74) is -0.248. The largest absolute Gasteiger partial charge is 0.488 e. The van der Waals surface area contributed by atoms with E-state index in [1.807, 2.05) is 0 Å². The van der Waals surface area contributed by atoms with Gasteiger partial charge in [-0.2, -0.15) is 0 Å². The van der Waals surface area contributed by atoms with Crippen LogP contribution < -0.4 is 4.74 Å². The molecule has 96 valence electrons. The molecule has 0 aliphatic carbocycles. The van der Waals surface area contributed by atoms with Gasteiger partial charge in [0, 0.05) is 24.7 Å². The second-order valence-electron chi connectivity index (χ2n) is 3.40. The van der Waals surface area contributed by atoms with Crippen molar-refractivity contribution >= 4 is 5.69 Å². The van der Waals surface area contributed by atoms with Gasteiger partial charge in [0.2, 0.25) is 5.75 Å². The van der Waals surface area contributed by atoms with Crippen LogP contribution in [0.5, 0.6) is 5.75 Å². The highest BCUT2D eigenvalue weighted by Crippen LogP contribution is 2.30. The molecule has 0 spiro atoms.